The molecule has 0 radical (unpaired) electrons. The van der Waals surface area contributed by atoms with Gasteiger partial charge in [-0.15, -0.1) is 0 Å². The minimum atomic E-state index is -0.456. The first-order valence-corrected chi connectivity index (χ1v) is 6.58. The van der Waals surface area contributed by atoms with Crippen LogP contribution in [0, 0.1) is 0 Å². The van der Waals surface area contributed by atoms with Crippen LogP contribution in [0.1, 0.15) is 33.4 Å². The Hall–Kier alpha value is -1.11. The molecule has 0 aromatic carbocycles. The maximum atomic E-state index is 5.97. The number of hydrogen-bond acceptors (Lipinski definition) is 5. The van der Waals surface area contributed by atoms with Crippen molar-refractivity contribution in [3.63, 3.8) is 0 Å². The predicted octanol–water partition coefficient (Wildman–Crippen LogP) is 0.464. The second-order valence-electron chi connectivity index (χ2n) is 5.90. The summed E-state index contributed by atoms with van der Waals surface area (Å²) in [6, 6.07) is 3.68. The summed E-state index contributed by atoms with van der Waals surface area (Å²) in [5, 5.41) is 0. The highest BCUT2D eigenvalue weighted by Gasteiger charge is 2.52. The van der Waals surface area contributed by atoms with Crippen LogP contribution in [-0.4, -0.2) is 29.8 Å². The van der Waals surface area contributed by atoms with Crippen LogP contribution >= 0.6 is 0 Å². The van der Waals surface area contributed by atoms with Crippen molar-refractivity contribution >= 4 is 18.4 Å². The van der Waals surface area contributed by atoms with Crippen LogP contribution in [0.25, 0.3) is 0 Å². The first-order chi connectivity index (χ1) is 8.77. The zero-order valence-corrected chi connectivity index (χ0v) is 12.1. The van der Waals surface area contributed by atoms with Crippen molar-refractivity contribution in [2.75, 3.05) is 12.3 Å². The van der Waals surface area contributed by atoms with Crippen molar-refractivity contribution < 1.29 is 9.31 Å². The summed E-state index contributed by atoms with van der Waals surface area (Å²) in [4.78, 5) is 4.52. The van der Waals surface area contributed by atoms with Crippen molar-refractivity contribution in [3.8, 4) is 0 Å². The van der Waals surface area contributed by atoms with Gasteiger partial charge in [-0.05, 0) is 46.4 Å². The SMILES string of the molecule is CC1(C)OB(c2ccc(N)c(CCN)n2)OC1(C)C. The molecule has 0 aliphatic carbocycles. The van der Waals surface area contributed by atoms with Gasteiger partial charge in [0.05, 0.1) is 28.2 Å². The van der Waals surface area contributed by atoms with Crippen LogP contribution < -0.4 is 17.1 Å². The molecule has 5 nitrogen and oxygen atoms in total. The Bertz CT molecular complexity index is 461. The Kier molecular flexibility index (Phi) is 3.60. The molecule has 19 heavy (non-hydrogen) atoms. The fourth-order valence-corrected chi connectivity index (χ4v) is 1.96. The van der Waals surface area contributed by atoms with Gasteiger partial charge in [-0.1, -0.05) is 0 Å². The van der Waals surface area contributed by atoms with Crippen molar-refractivity contribution in [1.29, 1.82) is 0 Å². The largest absolute Gasteiger partial charge is 0.514 e. The molecule has 2 rings (SSSR count). The van der Waals surface area contributed by atoms with Crippen LogP contribution in [0.2, 0.25) is 0 Å². The van der Waals surface area contributed by atoms with Crippen molar-refractivity contribution in [3.05, 3.63) is 17.8 Å². The highest BCUT2D eigenvalue weighted by Crippen LogP contribution is 2.36. The Balaban J connectivity index is 2.27. The summed E-state index contributed by atoms with van der Waals surface area (Å²) in [6.45, 7) is 8.59. The lowest BCUT2D eigenvalue weighted by atomic mass is 9.84. The molecule has 0 spiro atoms. The lowest BCUT2D eigenvalue weighted by molar-refractivity contribution is 0.00578. The maximum absolute atomic E-state index is 5.97. The van der Waals surface area contributed by atoms with Crippen molar-refractivity contribution in [1.82, 2.24) is 4.98 Å². The Morgan fingerprint density at radius 3 is 2.26 bits per heavy atom. The second-order valence-corrected chi connectivity index (χ2v) is 5.90. The van der Waals surface area contributed by atoms with Gasteiger partial charge in [0.1, 0.15) is 0 Å². The summed E-state index contributed by atoms with van der Waals surface area (Å²) in [5.41, 5.74) is 12.9. The molecular weight excluding hydrogens is 241 g/mol. The summed E-state index contributed by atoms with van der Waals surface area (Å²) < 4.78 is 11.9. The average molecular weight is 263 g/mol. The molecule has 0 saturated carbocycles. The Morgan fingerprint density at radius 1 is 1.16 bits per heavy atom. The van der Waals surface area contributed by atoms with Crippen LogP contribution in [0.3, 0.4) is 0 Å². The second kappa shape index (κ2) is 4.78. The lowest BCUT2D eigenvalue weighted by Crippen LogP contribution is -2.41. The third-order valence-corrected chi connectivity index (χ3v) is 3.91. The molecule has 2 heterocycles. The number of nitrogens with two attached hydrogens (primary N) is 2. The van der Waals surface area contributed by atoms with E-state index in [1.807, 2.05) is 39.8 Å². The van der Waals surface area contributed by atoms with E-state index in [9.17, 15) is 0 Å². The smallest absolute Gasteiger partial charge is 0.398 e. The fourth-order valence-electron chi connectivity index (χ4n) is 1.96. The van der Waals surface area contributed by atoms with Gasteiger partial charge in [-0.3, -0.25) is 4.98 Å². The van der Waals surface area contributed by atoms with E-state index in [1.54, 1.807) is 0 Å². The number of anilines is 1. The number of aromatic nitrogens is 1. The van der Waals surface area contributed by atoms with Gasteiger partial charge in [0.2, 0.25) is 0 Å². The Labute approximate surface area is 114 Å². The normalized spacial score (nSPS) is 20.8. The third kappa shape index (κ3) is 2.61. The summed E-state index contributed by atoms with van der Waals surface area (Å²) in [7, 11) is -0.456. The molecular formula is C13H22BN3O2. The molecule has 6 heteroatoms. The van der Waals surface area contributed by atoms with E-state index >= 15 is 0 Å². The van der Waals surface area contributed by atoms with E-state index in [-0.39, 0.29) is 11.2 Å². The molecule has 1 saturated heterocycles. The van der Waals surface area contributed by atoms with E-state index in [1.165, 1.54) is 0 Å². The van der Waals surface area contributed by atoms with Gasteiger partial charge in [0.25, 0.3) is 0 Å². The molecule has 1 aliphatic rings. The first kappa shape index (κ1) is 14.3. The van der Waals surface area contributed by atoms with Gasteiger partial charge in [0.15, 0.2) is 0 Å². The number of hydrogen-bond donors (Lipinski definition) is 2. The van der Waals surface area contributed by atoms with Gasteiger partial charge >= 0.3 is 7.12 Å². The number of pyridine rings is 1. The minimum Gasteiger partial charge on any atom is -0.398 e. The topological polar surface area (TPSA) is 83.4 Å². The summed E-state index contributed by atoms with van der Waals surface area (Å²) >= 11 is 0. The van der Waals surface area contributed by atoms with Gasteiger partial charge in [0, 0.05) is 6.42 Å². The molecule has 1 aromatic rings. The average Bonchev–Trinajstić information content (AvgIpc) is 2.51. The molecule has 0 bridgehead atoms. The van der Waals surface area contributed by atoms with Gasteiger partial charge < -0.3 is 20.8 Å². The van der Waals surface area contributed by atoms with Crippen molar-refractivity contribution in [2.45, 2.75) is 45.3 Å². The molecule has 1 fully saturated rings. The van der Waals surface area contributed by atoms with E-state index in [4.69, 9.17) is 20.8 Å². The molecule has 0 unspecified atom stereocenters. The summed E-state index contributed by atoms with van der Waals surface area (Å²) in [6.07, 6.45) is 0.652. The molecule has 0 amide bonds. The number of nitrogens with zero attached hydrogens (tertiary/aromatic N) is 1. The predicted molar refractivity (Wildman–Crippen MR) is 77.1 cm³/mol. The zero-order chi connectivity index (χ0) is 14.3. The quantitative estimate of drug-likeness (QED) is 0.774. The lowest BCUT2D eigenvalue weighted by Gasteiger charge is -2.32. The molecule has 1 aromatic heterocycles. The van der Waals surface area contributed by atoms with E-state index < -0.39 is 7.12 Å². The maximum Gasteiger partial charge on any atom is 0.514 e. The highest BCUT2D eigenvalue weighted by atomic mass is 16.7. The zero-order valence-electron chi connectivity index (χ0n) is 12.1. The van der Waals surface area contributed by atoms with Crippen molar-refractivity contribution in [2.24, 2.45) is 5.73 Å². The first-order valence-electron chi connectivity index (χ1n) is 6.58. The third-order valence-electron chi connectivity index (χ3n) is 3.91. The number of nitrogen functional groups attached to an aromatic ring is 1. The summed E-state index contributed by atoms with van der Waals surface area (Å²) in [5.74, 6) is 0. The standard InChI is InChI=1S/C13H22BN3O2/c1-12(2)13(3,4)19-14(18-12)11-6-5-9(16)10(17-11)7-8-15/h5-6H,7-8,15-16H2,1-4H3. The van der Waals surface area contributed by atoms with Gasteiger partial charge in [-0.25, -0.2) is 0 Å². The number of rotatable bonds is 3. The van der Waals surface area contributed by atoms with E-state index in [0.29, 0.717) is 18.7 Å². The Morgan fingerprint density at radius 2 is 1.74 bits per heavy atom. The molecule has 4 N–H and O–H groups in total. The molecule has 104 valence electrons. The monoisotopic (exact) mass is 263 g/mol. The molecule has 1 aliphatic heterocycles. The van der Waals surface area contributed by atoms with Crippen LogP contribution in [0.4, 0.5) is 5.69 Å². The van der Waals surface area contributed by atoms with E-state index in [2.05, 4.69) is 4.98 Å². The van der Waals surface area contributed by atoms with Crippen LogP contribution in [0.5, 0.6) is 0 Å². The fraction of sp³-hybridized carbons (Fsp3) is 0.615. The van der Waals surface area contributed by atoms with Gasteiger partial charge in [-0.2, -0.15) is 0 Å². The van der Waals surface area contributed by atoms with Crippen LogP contribution in [-0.2, 0) is 15.7 Å². The molecule has 0 atom stereocenters. The van der Waals surface area contributed by atoms with E-state index in [0.717, 1.165) is 11.3 Å². The van der Waals surface area contributed by atoms with Crippen LogP contribution in [0.15, 0.2) is 12.1 Å². The highest BCUT2D eigenvalue weighted by molar-refractivity contribution is 6.61. The minimum absolute atomic E-state index is 0.366.